The molecule has 3 heteroatoms. The fraction of sp³-hybridized carbons (Fsp3) is 0.429. The molecule has 0 fully saturated rings. The average Bonchev–Trinajstić information content (AvgIpc) is 2.35. The Hall–Kier alpha value is -1.09. The summed E-state index contributed by atoms with van der Waals surface area (Å²) < 4.78 is 23.7. The highest BCUT2D eigenvalue weighted by molar-refractivity contribution is 7.94. The normalized spacial score (nSPS) is 12.1. The lowest BCUT2D eigenvalue weighted by atomic mass is 10.2. The van der Waals surface area contributed by atoms with Crippen molar-refractivity contribution in [3.63, 3.8) is 0 Å². The van der Waals surface area contributed by atoms with Crippen LogP contribution in [0, 0.1) is 0 Å². The van der Waals surface area contributed by atoms with Gasteiger partial charge in [-0.1, -0.05) is 50.5 Å². The van der Waals surface area contributed by atoms with Crippen LogP contribution in [0.3, 0.4) is 0 Å². The van der Waals surface area contributed by atoms with Crippen molar-refractivity contribution in [2.24, 2.45) is 0 Å². The largest absolute Gasteiger partial charge is 0.219 e. The zero-order valence-electron chi connectivity index (χ0n) is 10.3. The van der Waals surface area contributed by atoms with Gasteiger partial charge < -0.3 is 0 Å². The van der Waals surface area contributed by atoms with Gasteiger partial charge in [-0.05, 0) is 25.0 Å². The molecule has 2 nitrogen and oxygen atoms in total. The third-order valence-corrected chi connectivity index (χ3v) is 4.05. The fourth-order valence-electron chi connectivity index (χ4n) is 1.57. The molecule has 0 N–H and O–H groups in total. The summed E-state index contributed by atoms with van der Waals surface area (Å²) in [6.07, 6.45) is 7.26. The summed E-state index contributed by atoms with van der Waals surface area (Å²) in [4.78, 5) is 0.366. The van der Waals surface area contributed by atoms with Crippen molar-refractivity contribution in [1.29, 1.82) is 0 Å². The SMILES string of the molecule is CCCCCC/C=C\S(=O)(=O)c1ccccc1. The molecule has 0 aliphatic heterocycles. The predicted molar refractivity (Wildman–Crippen MR) is 71.5 cm³/mol. The van der Waals surface area contributed by atoms with E-state index in [1.165, 1.54) is 24.7 Å². The van der Waals surface area contributed by atoms with Crippen LogP contribution < -0.4 is 0 Å². The van der Waals surface area contributed by atoms with E-state index in [1.54, 1.807) is 30.3 Å². The van der Waals surface area contributed by atoms with E-state index < -0.39 is 9.84 Å². The first-order valence-corrected chi connectivity index (χ1v) is 7.68. The van der Waals surface area contributed by atoms with Crippen LogP contribution >= 0.6 is 0 Å². The first-order chi connectivity index (χ1) is 8.17. The van der Waals surface area contributed by atoms with Gasteiger partial charge in [-0.3, -0.25) is 0 Å². The number of allylic oxidation sites excluding steroid dienone is 1. The lowest BCUT2D eigenvalue weighted by Gasteiger charge is -1.98. The Morgan fingerprint density at radius 3 is 2.41 bits per heavy atom. The molecule has 0 saturated carbocycles. The molecule has 0 unspecified atom stereocenters. The van der Waals surface area contributed by atoms with E-state index in [1.807, 2.05) is 6.07 Å². The third-order valence-electron chi connectivity index (χ3n) is 2.57. The molecule has 0 heterocycles. The standard InChI is InChI=1S/C14H20O2S/c1-2-3-4-5-6-10-13-17(15,16)14-11-8-7-9-12-14/h7-13H,2-6H2,1H3/b13-10-. The minimum Gasteiger partial charge on any atom is -0.219 e. The molecule has 1 aromatic rings. The maximum atomic E-state index is 11.8. The summed E-state index contributed by atoms with van der Waals surface area (Å²) in [5, 5.41) is 1.33. The Morgan fingerprint density at radius 1 is 1.06 bits per heavy atom. The van der Waals surface area contributed by atoms with Gasteiger partial charge in [-0.15, -0.1) is 0 Å². The van der Waals surface area contributed by atoms with Gasteiger partial charge in [0.15, 0.2) is 9.84 Å². The summed E-state index contributed by atoms with van der Waals surface area (Å²) in [5.74, 6) is 0. The van der Waals surface area contributed by atoms with Crippen molar-refractivity contribution in [2.75, 3.05) is 0 Å². The third kappa shape index (κ3) is 5.18. The van der Waals surface area contributed by atoms with Crippen molar-refractivity contribution < 1.29 is 8.42 Å². The molecule has 0 atom stereocenters. The van der Waals surface area contributed by atoms with Crippen LogP contribution in [0.25, 0.3) is 0 Å². The number of hydrogen-bond donors (Lipinski definition) is 0. The number of hydrogen-bond acceptors (Lipinski definition) is 2. The number of unbranched alkanes of at least 4 members (excludes halogenated alkanes) is 4. The number of rotatable bonds is 7. The second-order valence-corrected chi connectivity index (χ2v) is 5.91. The van der Waals surface area contributed by atoms with Gasteiger partial charge >= 0.3 is 0 Å². The van der Waals surface area contributed by atoms with E-state index in [0.717, 1.165) is 12.8 Å². The molecule has 0 bridgehead atoms. The second kappa shape index (κ2) is 7.28. The number of benzene rings is 1. The molecule has 0 aliphatic carbocycles. The molecule has 1 aromatic carbocycles. The van der Waals surface area contributed by atoms with Crippen LogP contribution in [0.1, 0.15) is 39.0 Å². The zero-order valence-corrected chi connectivity index (χ0v) is 11.1. The molecule has 0 saturated heterocycles. The fourth-order valence-corrected chi connectivity index (χ4v) is 2.66. The molecule has 0 spiro atoms. The highest BCUT2D eigenvalue weighted by Crippen LogP contribution is 2.12. The Balaban J connectivity index is 2.48. The Labute approximate surface area is 104 Å². The van der Waals surface area contributed by atoms with Crippen LogP contribution in [0.5, 0.6) is 0 Å². The van der Waals surface area contributed by atoms with Gasteiger partial charge in [-0.25, -0.2) is 8.42 Å². The van der Waals surface area contributed by atoms with Crippen molar-refractivity contribution in [3.8, 4) is 0 Å². The van der Waals surface area contributed by atoms with Gasteiger partial charge in [0.05, 0.1) is 4.90 Å². The lowest BCUT2D eigenvalue weighted by molar-refractivity contribution is 0.604. The maximum absolute atomic E-state index is 11.8. The van der Waals surface area contributed by atoms with Crippen molar-refractivity contribution in [1.82, 2.24) is 0 Å². The first kappa shape index (κ1) is 14.0. The van der Waals surface area contributed by atoms with Crippen LogP contribution in [0.2, 0.25) is 0 Å². The van der Waals surface area contributed by atoms with Gasteiger partial charge in [-0.2, -0.15) is 0 Å². The van der Waals surface area contributed by atoms with Crippen molar-refractivity contribution in [3.05, 3.63) is 41.8 Å². The van der Waals surface area contributed by atoms with Crippen LogP contribution in [-0.4, -0.2) is 8.42 Å². The van der Waals surface area contributed by atoms with E-state index in [4.69, 9.17) is 0 Å². The van der Waals surface area contributed by atoms with Gasteiger partial charge in [0.25, 0.3) is 0 Å². The topological polar surface area (TPSA) is 34.1 Å². The van der Waals surface area contributed by atoms with Crippen molar-refractivity contribution in [2.45, 2.75) is 43.9 Å². The van der Waals surface area contributed by atoms with Crippen LogP contribution in [0.15, 0.2) is 46.7 Å². The van der Waals surface area contributed by atoms with E-state index in [0.29, 0.717) is 4.90 Å². The molecule has 0 aromatic heterocycles. The number of sulfone groups is 1. The summed E-state index contributed by atoms with van der Waals surface area (Å²) >= 11 is 0. The predicted octanol–water partition coefficient (Wildman–Crippen LogP) is 3.94. The first-order valence-electron chi connectivity index (χ1n) is 6.13. The molecular weight excluding hydrogens is 232 g/mol. The lowest BCUT2D eigenvalue weighted by Crippen LogP contribution is -1.95. The minimum absolute atomic E-state index is 0.366. The summed E-state index contributed by atoms with van der Waals surface area (Å²) in [5.41, 5.74) is 0. The molecule has 94 valence electrons. The highest BCUT2D eigenvalue weighted by Gasteiger charge is 2.07. The van der Waals surface area contributed by atoms with Gasteiger partial charge in [0.1, 0.15) is 0 Å². The Kier molecular flexibility index (Phi) is 5.98. The maximum Gasteiger partial charge on any atom is 0.199 e. The van der Waals surface area contributed by atoms with Crippen molar-refractivity contribution >= 4 is 9.84 Å². The van der Waals surface area contributed by atoms with E-state index >= 15 is 0 Å². The molecule has 17 heavy (non-hydrogen) atoms. The molecular formula is C14H20O2S. The monoisotopic (exact) mass is 252 g/mol. The highest BCUT2D eigenvalue weighted by atomic mass is 32.2. The summed E-state index contributed by atoms with van der Waals surface area (Å²) in [7, 11) is -3.23. The Bertz CT molecular complexity index is 433. The molecule has 0 aliphatic rings. The van der Waals surface area contributed by atoms with E-state index in [-0.39, 0.29) is 0 Å². The molecule has 1 rings (SSSR count). The minimum atomic E-state index is -3.23. The van der Waals surface area contributed by atoms with Gasteiger partial charge in [0, 0.05) is 5.41 Å². The second-order valence-electron chi connectivity index (χ2n) is 4.08. The van der Waals surface area contributed by atoms with E-state index in [9.17, 15) is 8.42 Å². The summed E-state index contributed by atoms with van der Waals surface area (Å²) in [6.45, 7) is 2.16. The summed E-state index contributed by atoms with van der Waals surface area (Å²) in [6, 6.07) is 8.53. The molecule has 0 radical (unpaired) electrons. The van der Waals surface area contributed by atoms with Crippen LogP contribution in [0.4, 0.5) is 0 Å². The van der Waals surface area contributed by atoms with E-state index in [2.05, 4.69) is 6.92 Å². The van der Waals surface area contributed by atoms with Crippen LogP contribution in [-0.2, 0) is 9.84 Å². The average molecular weight is 252 g/mol. The quantitative estimate of drug-likeness (QED) is 0.689. The van der Waals surface area contributed by atoms with Gasteiger partial charge in [0.2, 0.25) is 0 Å². The smallest absolute Gasteiger partial charge is 0.199 e. The molecule has 0 amide bonds. The zero-order chi connectivity index (χ0) is 12.6. The Morgan fingerprint density at radius 2 is 1.76 bits per heavy atom.